The molecular weight excluding hydrogens is 828 g/mol. The summed E-state index contributed by atoms with van der Waals surface area (Å²) in [4.78, 5) is 5.13. The SMILES string of the molecule is Cc1cc2c3c(c1)N(c1ccc(C(C)(C)C)cc1-c1ccccc1)c1cc4oc5cc6ccccc6cc5c4cc1B3N(c1ccc(-c3ccccc3)cc1)c1cc3oc4ccccc4c3cc1-2. The van der Waals surface area contributed by atoms with Gasteiger partial charge in [0, 0.05) is 67.6 Å². The predicted octanol–water partition coefficient (Wildman–Crippen LogP) is 16.3. The lowest BCUT2D eigenvalue weighted by Gasteiger charge is -2.46. The van der Waals surface area contributed by atoms with E-state index in [4.69, 9.17) is 8.83 Å². The smallest absolute Gasteiger partial charge is 0.333 e. The Kier molecular flexibility index (Phi) is 8.23. The third-order valence-corrected chi connectivity index (χ3v) is 14.6. The number of para-hydroxylation sites is 1. The van der Waals surface area contributed by atoms with Crippen LogP contribution in [-0.4, -0.2) is 6.85 Å². The molecule has 0 fully saturated rings. The van der Waals surface area contributed by atoms with E-state index >= 15 is 0 Å². The summed E-state index contributed by atoms with van der Waals surface area (Å²) in [6.07, 6.45) is 0. The Hall–Kier alpha value is -8.28. The molecule has 68 heavy (non-hydrogen) atoms. The predicted molar refractivity (Wildman–Crippen MR) is 287 cm³/mol. The first kappa shape index (κ1) is 38.9. The molecule has 0 saturated carbocycles. The highest BCUT2D eigenvalue weighted by Gasteiger charge is 2.46. The Morgan fingerprint density at radius 1 is 0.412 bits per heavy atom. The van der Waals surface area contributed by atoms with Crippen molar-refractivity contribution in [1.82, 2.24) is 0 Å². The van der Waals surface area contributed by atoms with Gasteiger partial charge in [0.1, 0.15) is 22.3 Å². The van der Waals surface area contributed by atoms with Crippen LogP contribution in [0.5, 0.6) is 0 Å². The second-order valence-corrected chi connectivity index (χ2v) is 19.8. The molecule has 0 bridgehead atoms. The van der Waals surface area contributed by atoms with E-state index in [2.05, 4.69) is 238 Å². The third kappa shape index (κ3) is 5.81. The molecule has 0 aliphatic carbocycles. The molecule has 2 aliphatic rings. The van der Waals surface area contributed by atoms with Crippen LogP contribution in [0.4, 0.5) is 28.4 Å². The fraction of sp³-hybridized carbons (Fsp3) is 0.0794. The molecule has 12 aromatic rings. The van der Waals surface area contributed by atoms with Crippen LogP contribution in [0.15, 0.2) is 209 Å². The molecule has 322 valence electrons. The maximum atomic E-state index is 6.96. The van der Waals surface area contributed by atoms with Crippen molar-refractivity contribution in [3.63, 3.8) is 0 Å². The highest BCUT2D eigenvalue weighted by molar-refractivity contribution is 6.93. The van der Waals surface area contributed by atoms with Crippen LogP contribution in [0.3, 0.4) is 0 Å². The summed E-state index contributed by atoms with van der Waals surface area (Å²) in [6, 6.07) is 73.6. The van der Waals surface area contributed by atoms with E-state index in [-0.39, 0.29) is 12.3 Å². The van der Waals surface area contributed by atoms with Crippen LogP contribution >= 0.6 is 0 Å². The molecule has 4 heterocycles. The van der Waals surface area contributed by atoms with Crippen molar-refractivity contribution in [2.75, 3.05) is 9.71 Å². The number of benzene rings is 10. The number of aryl methyl sites for hydroxylation is 1. The minimum absolute atomic E-state index is 0.0533. The number of anilines is 5. The molecule has 14 rings (SSSR count). The molecule has 0 saturated heterocycles. The van der Waals surface area contributed by atoms with Gasteiger partial charge in [-0.25, -0.2) is 0 Å². The topological polar surface area (TPSA) is 32.8 Å². The van der Waals surface area contributed by atoms with Crippen LogP contribution in [-0.2, 0) is 5.41 Å². The molecule has 0 spiro atoms. The second-order valence-electron chi connectivity index (χ2n) is 19.8. The molecule has 0 N–H and O–H groups in total. The number of fused-ring (bicyclic) bond motifs is 11. The standard InChI is InChI=1S/C63H45BN2O2/c1-38-29-52-48-34-50-46-21-13-14-22-58(46)67-60(50)36-55(48)66(45-26-23-40(24-27-45)39-15-7-5-8-16-39)64-53-35-51-49-31-42-19-11-12-20-43(42)32-59(49)68-61(51)37-56(53)65(57(30-38)62(52)64)54-28-25-44(63(2,3)4)33-47(54)41-17-9-6-10-18-41/h5-37H,1-4H3. The van der Waals surface area contributed by atoms with Crippen molar-refractivity contribution >= 4 is 101 Å². The first-order valence-electron chi connectivity index (χ1n) is 23.7. The minimum atomic E-state index is -0.215. The summed E-state index contributed by atoms with van der Waals surface area (Å²) in [5.41, 5.74) is 21.1. The summed E-state index contributed by atoms with van der Waals surface area (Å²) in [5.74, 6) is 0. The monoisotopic (exact) mass is 872 g/mol. The third-order valence-electron chi connectivity index (χ3n) is 14.6. The minimum Gasteiger partial charge on any atom is -0.456 e. The zero-order chi connectivity index (χ0) is 45.4. The van der Waals surface area contributed by atoms with Gasteiger partial charge in [-0.2, -0.15) is 0 Å². The fourth-order valence-corrected chi connectivity index (χ4v) is 11.3. The first-order chi connectivity index (χ1) is 33.2. The number of hydrogen-bond acceptors (Lipinski definition) is 4. The zero-order valence-electron chi connectivity index (χ0n) is 38.3. The average molecular weight is 873 g/mol. The van der Waals surface area contributed by atoms with Crippen LogP contribution < -0.4 is 20.6 Å². The van der Waals surface area contributed by atoms with E-state index < -0.39 is 0 Å². The van der Waals surface area contributed by atoms with E-state index in [1.165, 1.54) is 60.8 Å². The maximum Gasteiger partial charge on any atom is 0.333 e. The van der Waals surface area contributed by atoms with Crippen molar-refractivity contribution < 1.29 is 8.83 Å². The molecule has 10 aromatic carbocycles. The van der Waals surface area contributed by atoms with Crippen LogP contribution in [0, 0.1) is 6.92 Å². The maximum absolute atomic E-state index is 6.96. The Morgan fingerprint density at radius 3 is 1.79 bits per heavy atom. The van der Waals surface area contributed by atoms with Crippen LogP contribution in [0.1, 0.15) is 31.9 Å². The molecule has 0 atom stereocenters. The van der Waals surface area contributed by atoms with Gasteiger partial charge >= 0.3 is 6.85 Å². The van der Waals surface area contributed by atoms with Crippen molar-refractivity contribution in [3.8, 4) is 33.4 Å². The van der Waals surface area contributed by atoms with Gasteiger partial charge in [0.25, 0.3) is 0 Å². The van der Waals surface area contributed by atoms with E-state index in [1.807, 2.05) is 0 Å². The van der Waals surface area contributed by atoms with Gasteiger partial charge in [0.05, 0.1) is 5.69 Å². The molecule has 0 unspecified atom stereocenters. The van der Waals surface area contributed by atoms with Gasteiger partial charge in [0.2, 0.25) is 0 Å². The van der Waals surface area contributed by atoms with Crippen molar-refractivity contribution in [2.24, 2.45) is 0 Å². The van der Waals surface area contributed by atoms with Gasteiger partial charge in [-0.3, -0.25) is 0 Å². The molecule has 0 amide bonds. The average Bonchev–Trinajstić information content (AvgIpc) is 3.91. The van der Waals surface area contributed by atoms with E-state index in [0.29, 0.717) is 0 Å². The van der Waals surface area contributed by atoms with E-state index in [1.54, 1.807) is 0 Å². The van der Waals surface area contributed by atoms with Gasteiger partial charge in [0.15, 0.2) is 0 Å². The normalized spacial score (nSPS) is 13.2. The van der Waals surface area contributed by atoms with Gasteiger partial charge < -0.3 is 18.5 Å². The second kappa shape index (κ2) is 14.4. The van der Waals surface area contributed by atoms with Crippen molar-refractivity contribution in [2.45, 2.75) is 33.1 Å². The lowest BCUT2D eigenvalue weighted by atomic mass is 9.43. The van der Waals surface area contributed by atoms with Crippen LogP contribution in [0.25, 0.3) is 88.0 Å². The molecule has 0 radical (unpaired) electrons. The molecule has 4 nitrogen and oxygen atoms in total. The van der Waals surface area contributed by atoms with Crippen molar-refractivity contribution in [3.05, 3.63) is 211 Å². The Balaban J connectivity index is 1.12. The van der Waals surface area contributed by atoms with E-state index in [0.717, 1.165) is 77.7 Å². The number of furan rings is 2. The molecular formula is C63H45BN2O2. The molecule has 2 aromatic heterocycles. The molecule has 2 aliphatic heterocycles. The molecule has 5 heteroatoms. The Morgan fingerprint density at radius 2 is 1.03 bits per heavy atom. The number of hydrogen-bond donors (Lipinski definition) is 0. The largest absolute Gasteiger partial charge is 0.456 e. The highest BCUT2D eigenvalue weighted by Crippen LogP contribution is 2.51. The summed E-state index contributed by atoms with van der Waals surface area (Å²) >= 11 is 0. The summed E-state index contributed by atoms with van der Waals surface area (Å²) in [6.45, 7) is 8.93. The summed E-state index contributed by atoms with van der Waals surface area (Å²) in [7, 11) is 0. The number of rotatable bonds is 4. The zero-order valence-corrected chi connectivity index (χ0v) is 38.3. The Labute approximate surface area is 395 Å². The fourth-order valence-electron chi connectivity index (χ4n) is 11.3. The van der Waals surface area contributed by atoms with Crippen LogP contribution in [0.2, 0.25) is 0 Å². The lowest BCUT2D eigenvalue weighted by molar-refractivity contribution is 0.590. The first-order valence-corrected chi connectivity index (χ1v) is 23.7. The van der Waals surface area contributed by atoms with Crippen molar-refractivity contribution in [1.29, 1.82) is 0 Å². The Bertz CT molecular complexity index is 4030. The summed E-state index contributed by atoms with van der Waals surface area (Å²) in [5, 5.41) is 6.80. The van der Waals surface area contributed by atoms with Gasteiger partial charge in [-0.1, -0.05) is 154 Å². The highest BCUT2D eigenvalue weighted by atomic mass is 16.3. The lowest BCUT2D eigenvalue weighted by Crippen LogP contribution is -2.61. The van der Waals surface area contributed by atoms with Gasteiger partial charge in [-0.05, 0) is 122 Å². The quantitative estimate of drug-likeness (QED) is 0.165. The van der Waals surface area contributed by atoms with Gasteiger partial charge in [-0.15, -0.1) is 0 Å². The number of nitrogens with zero attached hydrogens (tertiary/aromatic N) is 2. The van der Waals surface area contributed by atoms with E-state index in [9.17, 15) is 0 Å². The summed E-state index contributed by atoms with van der Waals surface area (Å²) < 4.78 is 13.7.